The highest BCUT2D eigenvalue weighted by Crippen LogP contribution is 2.32. The molecule has 0 spiro atoms. The van der Waals surface area contributed by atoms with Crippen LogP contribution in [0.2, 0.25) is 10.0 Å². The van der Waals surface area contributed by atoms with E-state index in [0.717, 1.165) is 10.2 Å². The molecule has 24 heavy (non-hydrogen) atoms. The van der Waals surface area contributed by atoms with Gasteiger partial charge in [0, 0.05) is 6.54 Å². The first-order valence-electron chi connectivity index (χ1n) is 7.06. The number of nitrogens with one attached hydrogen (secondary N) is 1. The highest BCUT2D eigenvalue weighted by molar-refractivity contribution is 6.41. The van der Waals surface area contributed by atoms with Gasteiger partial charge in [0.25, 0.3) is 5.56 Å². The maximum absolute atomic E-state index is 12.3. The number of carbonyl (C=O) groups excluding carboxylic acids is 1. The van der Waals surface area contributed by atoms with Crippen LogP contribution in [0.15, 0.2) is 29.2 Å². The molecule has 0 saturated carbocycles. The zero-order chi connectivity index (χ0) is 17.3. The topological polar surface area (TPSA) is 82.4 Å². The minimum Gasteiger partial charge on any atom is -0.454 e. The molecule has 126 valence electrons. The second kappa shape index (κ2) is 6.70. The summed E-state index contributed by atoms with van der Waals surface area (Å²) in [7, 11) is 0. The molecule has 1 aliphatic rings. The number of amides is 1. The van der Waals surface area contributed by atoms with Crippen LogP contribution in [0.1, 0.15) is 18.5 Å². The van der Waals surface area contributed by atoms with Gasteiger partial charge in [-0.1, -0.05) is 29.3 Å². The van der Waals surface area contributed by atoms with E-state index >= 15 is 0 Å². The molecule has 1 amide bonds. The Morgan fingerprint density at radius 1 is 1.38 bits per heavy atom. The summed E-state index contributed by atoms with van der Waals surface area (Å²) in [6.45, 7) is 2.01. The van der Waals surface area contributed by atoms with E-state index in [0.29, 0.717) is 11.5 Å². The Morgan fingerprint density at radius 3 is 2.92 bits per heavy atom. The molecule has 1 aromatic heterocycles. The number of fused-ring (bicyclic) bond motifs is 1. The van der Waals surface area contributed by atoms with Crippen molar-refractivity contribution in [3.63, 3.8) is 0 Å². The predicted molar refractivity (Wildman–Crippen MR) is 87.6 cm³/mol. The molecule has 1 aromatic carbocycles. The second-order valence-corrected chi connectivity index (χ2v) is 5.92. The van der Waals surface area contributed by atoms with Gasteiger partial charge in [-0.05, 0) is 24.6 Å². The van der Waals surface area contributed by atoms with Gasteiger partial charge in [0.2, 0.25) is 12.7 Å². The fourth-order valence-electron chi connectivity index (χ4n) is 2.20. The lowest BCUT2D eigenvalue weighted by molar-refractivity contribution is -0.124. The number of hydrogen-bond acceptors (Lipinski definition) is 5. The Bertz CT molecular complexity index is 853. The van der Waals surface area contributed by atoms with Crippen LogP contribution >= 0.6 is 23.2 Å². The van der Waals surface area contributed by atoms with Crippen molar-refractivity contribution < 1.29 is 14.3 Å². The number of ether oxygens (including phenoxy) is 2. The maximum Gasteiger partial charge on any atom is 0.287 e. The summed E-state index contributed by atoms with van der Waals surface area (Å²) in [6.07, 6.45) is 1.23. The molecule has 1 aliphatic heterocycles. The van der Waals surface area contributed by atoms with E-state index in [-0.39, 0.29) is 29.3 Å². The van der Waals surface area contributed by atoms with E-state index in [9.17, 15) is 9.59 Å². The number of benzene rings is 1. The molecule has 2 aromatic rings. The van der Waals surface area contributed by atoms with Crippen LogP contribution in [-0.4, -0.2) is 22.5 Å². The normalized spacial score (nSPS) is 13.6. The summed E-state index contributed by atoms with van der Waals surface area (Å²) in [6, 6.07) is 4.55. The zero-order valence-corrected chi connectivity index (χ0v) is 14.1. The summed E-state index contributed by atoms with van der Waals surface area (Å²) >= 11 is 11.5. The lowest BCUT2D eigenvalue weighted by atomic mass is 10.2. The first-order valence-corrected chi connectivity index (χ1v) is 7.82. The monoisotopic (exact) mass is 369 g/mol. The molecular formula is C15H13Cl2N3O4. The van der Waals surface area contributed by atoms with Crippen LogP contribution in [0, 0.1) is 0 Å². The van der Waals surface area contributed by atoms with Crippen molar-refractivity contribution in [1.29, 1.82) is 0 Å². The van der Waals surface area contributed by atoms with Crippen molar-refractivity contribution in [3.8, 4) is 11.5 Å². The first kappa shape index (κ1) is 16.6. The van der Waals surface area contributed by atoms with E-state index in [1.165, 1.54) is 6.20 Å². The fraction of sp³-hybridized carbons (Fsp3) is 0.267. The van der Waals surface area contributed by atoms with Crippen molar-refractivity contribution in [1.82, 2.24) is 15.1 Å². The molecule has 0 radical (unpaired) electrons. The molecule has 9 heteroatoms. The van der Waals surface area contributed by atoms with Crippen LogP contribution in [0.25, 0.3) is 0 Å². The molecule has 0 saturated heterocycles. The smallest absolute Gasteiger partial charge is 0.287 e. The third-order valence-corrected chi connectivity index (χ3v) is 4.30. The summed E-state index contributed by atoms with van der Waals surface area (Å²) < 4.78 is 11.5. The molecule has 0 fully saturated rings. The highest BCUT2D eigenvalue weighted by Gasteiger charge is 2.20. The predicted octanol–water partition coefficient (Wildman–Crippen LogP) is 2.16. The van der Waals surface area contributed by atoms with Crippen molar-refractivity contribution in [3.05, 3.63) is 50.4 Å². The number of rotatable bonds is 4. The number of hydrogen-bond donors (Lipinski definition) is 1. The van der Waals surface area contributed by atoms with Crippen molar-refractivity contribution in [2.24, 2.45) is 0 Å². The molecule has 1 atom stereocenters. The van der Waals surface area contributed by atoms with Crippen LogP contribution in [-0.2, 0) is 11.3 Å². The maximum atomic E-state index is 12.3. The van der Waals surface area contributed by atoms with Crippen molar-refractivity contribution in [2.75, 3.05) is 6.79 Å². The fourth-order valence-corrected chi connectivity index (χ4v) is 2.46. The summed E-state index contributed by atoms with van der Waals surface area (Å²) in [4.78, 5) is 24.3. The summed E-state index contributed by atoms with van der Waals surface area (Å²) in [5.74, 6) is 0.933. The Kier molecular flexibility index (Phi) is 4.64. The number of aromatic nitrogens is 2. The van der Waals surface area contributed by atoms with Gasteiger partial charge >= 0.3 is 0 Å². The van der Waals surface area contributed by atoms with Gasteiger partial charge in [-0.15, -0.1) is 0 Å². The average molecular weight is 370 g/mol. The minimum absolute atomic E-state index is 0.0471. The number of halogens is 2. The second-order valence-electron chi connectivity index (χ2n) is 5.14. The molecule has 2 heterocycles. The first-order chi connectivity index (χ1) is 11.5. The van der Waals surface area contributed by atoms with Crippen LogP contribution in [0.4, 0.5) is 0 Å². The Balaban J connectivity index is 1.69. The van der Waals surface area contributed by atoms with Gasteiger partial charge < -0.3 is 14.8 Å². The Morgan fingerprint density at radius 2 is 2.12 bits per heavy atom. The van der Waals surface area contributed by atoms with Gasteiger partial charge in [-0.25, -0.2) is 4.68 Å². The summed E-state index contributed by atoms with van der Waals surface area (Å²) in [5, 5.41) is 6.47. The Labute approximate surface area is 147 Å². The quantitative estimate of drug-likeness (QED) is 0.892. The van der Waals surface area contributed by atoms with Crippen LogP contribution in [0.3, 0.4) is 0 Å². The molecule has 0 bridgehead atoms. The van der Waals surface area contributed by atoms with Gasteiger partial charge in [0.05, 0.1) is 11.2 Å². The SMILES string of the molecule is C[C@H](C(=O)NCc1ccc2c(c1)OCO2)n1ncc(Cl)c(Cl)c1=O. The number of carbonyl (C=O) groups is 1. The lowest BCUT2D eigenvalue weighted by Gasteiger charge is -2.14. The molecule has 0 aliphatic carbocycles. The zero-order valence-electron chi connectivity index (χ0n) is 12.6. The molecule has 3 rings (SSSR count). The summed E-state index contributed by atoms with van der Waals surface area (Å²) in [5.41, 5.74) is 0.226. The minimum atomic E-state index is -0.832. The largest absolute Gasteiger partial charge is 0.454 e. The number of nitrogens with zero attached hydrogens (tertiary/aromatic N) is 2. The third kappa shape index (κ3) is 3.18. The van der Waals surface area contributed by atoms with E-state index in [4.69, 9.17) is 32.7 Å². The van der Waals surface area contributed by atoms with E-state index < -0.39 is 11.6 Å². The van der Waals surface area contributed by atoms with Crippen LogP contribution in [0.5, 0.6) is 11.5 Å². The van der Waals surface area contributed by atoms with Gasteiger partial charge in [-0.3, -0.25) is 9.59 Å². The highest BCUT2D eigenvalue weighted by atomic mass is 35.5. The van der Waals surface area contributed by atoms with Crippen molar-refractivity contribution in [2.45, 2.75) is 19.5 Å². The lowest BCUT2D eigenvalue weighted by Crippen LogP contribution is -2.37. The molecule has 1 N–H and O–H groups in total. The molecular weight excluding hydrogens is 357 g/mol. The standard InChI is InChI=1S/C15H13Cl2N3O4/c1-8(20-15(22)13(17)10(16)6-19-20)14(21)18-5-9-2-3-11-12(4-9)24-7-23-11/h2-4,6,8H,5,7H2,1H3,(H,18,21)/t8-/m1/s1. The Hall–Kier alpha value is -2.25. The van der Waals surface area contributed by atoms with Crippen molar-refractivity contribution >= 4 is 29.1 Å². The third-order valence-electron chi connectivity index (χ3n) is 3.55. The van der Waals surface area contributed by atoms with Crippen LogP contribution < -0.4 is 20.3 Å². The van der Waals surface area contributed by atoms with Gasteiger partial charge in [0.1, 0.15) is 11.1 Å². The van der Waals surface area contributed by atoms with Gasteiger partial charge in [0.15, 0.2) is 11.5 Å². The molecule has 0 unspecified atom stereocenters. The average Bonchev–Trinajstić information content (AvgIpc) is 3.05. The van der Waals surface area contributed by atoms with Gasteiger partial charge in [-0.2, -0.15) is 5.10 Å². The molecule has 7 nitrogen and oxygen atoms in total. The van der Waals surface area contributed by atoms with E-state index in [1.807, 2.05) is 6.07 Å². The van der Waals surface area contributed by atoms with E-state index in [1.54, 1.807) is 19.1 Å². The van der Waals surface area contributed by atoms with E-state index in [2.05, 4.69) is 10.4 Å².